The van der Waals surface area contributed by atoms with Crippen molar-refractivity contribution in [2.45, 2.75) is 17.0 Å². The number of oxazole rings is 1. The second-order valence-electron chi connectivity index (χ2n) is 3.94. The summed E-state index contributed by atoms with van der Waals surface area (Å²) in [6.45, 7) is 1.97. The number of rotatable bonds is 2. The van der Waals surface area contributed by atoms with Crippen LogP contribution in [0.4, 0.5) is 5.69 Å². The van der Waals surface area contributed by atoms with Crippen molar-refractivity contribution in [2.24, 2.45) is 0 Å². The van der Waals surface area contributed by atoms with Crippen molar-refractivity contribution in [3.05, 3.63) is 42.4 Å². The maximum Gasteiger partial charge on any atom is 0.260 e. The molecule has 0 saturated carbocycles. The lowest BCUT2D eigenvalue weighted by molar-refractivity contribution is 0.454. The predicted molar refractivity (Wildman–Crippen MR) is 71.5 cm³/mol. The highest BCUT2D eigenvalue weighted by atomic mass is 32.2. The number of fused-ring (bicyclic) bond motifs is 1. The van der Waals surface area contributed by atoms with Gasteiger partial charge in [-0.15, -0.1) is 0 Å². The van der Waals surface area contributed by atoms with Gasteiger partial charge in [-0.05, 0) is 43.0 Å². The summed E-state index contributed by atoms with van der Waals surface area (Å²) in [5.74, 6) is 0. The van der Waals surface area contributed by atoms with E-state index < -0.39 is 0 Å². The summed E-state index contributed by atoms with van der Waals surface area (Å²) in [4.78, 5) is 9.65. The van der Waals surface area contributed by atoms with Crippen LogP contribution in [-0.2, 0) is 0 Å². The Morgan fingerprint density at radius 3 is 2.94 bits per heavy atom. The second kappa shape index (κ2) is 4.34. The molecular formula is C13H11N3OS. The third-order valence-corrected chi connectivity index (χ3v) is 3.46. The zero-order valence-corrected chi connectivity index (χ0v) is 10.6. The first-order chi connectivity index (χ1) is 8.72. The Morgan fingerprint density at radius 1 is 1.28 bits per heavy atom. The molecule has 0 atom stereocenters. The van der Waals surface area contributed by atoms with E-state index in [0.29, 0.717) is 5.22 Å². The molecule has 0 aliphatic rings. The van der Waals surface area contributed by atoms with E-state index in [1.807, 2.05) is 31.2 Å². The molecule has 90 valence electrons. The molecule has 0 radical (unpaired) electrons. The van der Waals surface area contributed by atoms with Gasteiger partial charge in [-0.3, -0.25) is 4.98 Å². The van der Waals surface area contributed by atoms with Crippen LogP contribution in [0, 0.1) is 6.92 Å². The third kappa shape index (κ3) is 2.04. The quantitative estimate of drug-likeness (QED) is 0.714. The molecule has 5 heteroatoms. The number of nitrogens with zero attached hydrogens (tertiary/aromatic N) is 2. The minimum atomic E-state index is 0.615. The highest BCUT2D eigenvalue weighted by Gasteiger charge is 2.08. The van der Waals surface area contributed by atoms with E-state index in [0.717, 1.165) is 27.2 Å². The lowest BCUT2D eigenvalue weighted by atomic mass is 10.2. The molecule has 0 saturated heterocycles. The van der Waals surface area contributed by atoms with Gasteiger partial charge < -0.3 is 10.2 Å². The van der Waals surface area contributed by atoms with Gasteiger partial charge in [0.25, 0.3) is 5.22 Å². The van der Waals surface area contributed by atoms with Crippen molar-refractivity contribution in [3.8, 4) is 0 Å². The van der Waals surface area contributed by atoms with E-state index >= 15 is 0 Å². The minimum Gasteiger partial charge on any atom is -0.440 e. The Bertz CT molecular complexity index is 695. The molecule has 2 heterocycles. The molecule has 0 spiro atoms. The van der Waals surface area contributed by atoms with Gasteiger partial charge in [0.15, 0.2) is 0 Å². The van der Waals surface area contributed by atoms with Crippen molar-refractivity contribution >= 4 is 28.4 Å². The molecule has 0 aliphatic heterocycles. The van der Waals surface area contributed by atoms with Gasteiger partial charge in [0.2, 0.25) is 0 Å². The summed E-state index contributed by atoms with van der Waals surface area (Å²) < 4.78 is 5.26. The summed E-state index contributed by atoms with van der Waals surface area (Å²) in [5, 5.41) is 1.63. The maximum absolute atomic E-state index is 5.83. The summed E-state index contributed by atoms with van der Waals surface area (Å²) in [6, 6.07) is 7.72. The van der Waals surface area contributed by atoms with Crippen LogP contribution in [0.2, 0.25) is 0 Å². The van der Waals surface area contributed by atoms with Crippen LogP contribution in [-0.4, -0.2) is 9.97 Å². The first-order valence-electron chi connectivity index (χ1n) is 5.46. The van der Waals surface area contributed by atoms with Crippen LogP contribution < -0.4 is 5.73 Å². The van der Waals surface area contributed by atoms with Crippen LogP contribution >= 0.6 is 11.8 Å². The summed E-state index contributed by atoms with van der Waals surface area (Å²) in [5.41, 5.74) is 8.44. The van der Waals surface area contributed by atoms with Gasteiger partial charge in [0, 0.05) is 21.7 Å². The molecule has 2 aromatic heterocycles. The number of anilines is 1. The van der Waals surface area contributed by atoms with Crippen LogP contribution in [0.25, 0.3) is 10.9 Å². The molecule has 2 N–H and O–H groups in total. The number of nitrogen functional groups attached to an aromatic ring is 1. The van der Waals surface area contributed by atoms with E-state index in [9.17, 15) is 0 Å². The van der Waals surface area contributed by atoms with Crippen LogP contribution in [0.5, 0.6) is 0 Å². The summed E-state index contributed by atoms with van der Waals surface area (Å²) in [6.07, 6.45) is 3.19. The van der Waals surface area contributed by atoms with Crippen LogP contribution in [0.3, 0.4) is 0 Å². The molecule has 18 heavy (non-hydrogen) atoms. The fourth-order valence-corrected chi connectivity index (χ4v) is 2.69. The lowest BCUT2D eigenvalue weighted by Gasteiger charge is -2.06. The SMILES string of the molecule is Cc1cc(Sc2ncco2)c2cc(N)ccc2n1. The highest BCUT2D eigenvalue weighted by molar-refractivity contribution is 7.99. The van der Waals surface area contributed by atoms with E-state index in [1.54, 1.807) is 12.5 Å². The molecule has 3 aromatic rings. The Labute approximate surface area is 108 Å². The van der Waals surface area contributed by atoms with Gasteiger partial charge >= 0.3 is 0 Å². The Kier molecular flexibility index (Phi) is 2.68. The lowest BCUT2D eigenvalue weighted by Crippen LogP contribution is -1.90. The fourth-order valence-electron chi connectivity index (χ4n) is 1.78. The zero-order chi connectivity index (χ0) is 12.5. The fraction of sp³-hybridized carbons (Fsp3) is 0.0769. The van der Waals surface area contributed by atoms with Crippen molar-refractivity contribution in [3.63, 3.8) is 0 Å². The minimum absolute atomic E-state index is 0.615. The van der Waals surface area contributed by atoms with Gasteiger partial charge in [0.05, 0.1) is 11.7 Å². The zero-order valence-electron chi connectivity index (χ0n) is 9.75. The topological polar surface area (TPSA) is 64.9 Å². The molecule has 0 aliphatic carbocycles. The van der Waals surface area contributed by atoms with Gasteiger partial charge in [-0.1, -0.05) is 0 Å². The molecular weight excluding hydrogens is 246 g/mol. The van der Waals surface area contributed by atoms with Gasteiger partial charge in [0.1, 0.15) is 6.26 Å². The first kappa shape index (κ1) is 11.1. The smallest absolute Gasteiger partial charge is 0.260 e. The average molecular weight is 257 g/mol. The predicted octanol–water partition coefficient (Wildman–Crippen LogP) is 3.26. The normalized spacial score (nSPS) is 10.9. The molecule has 0 bridgehead atoms. The molecule has 3 rings (SSSR count). The summed E-state index contributed by atoms with van der Waals surface area (Å²) >= 11 is 1.47. The monoisotopic (exact) mass is 257 g/mol. The Hall–Kier alpha value is -2.01. The van der Waals surface area contributed by atoms with E-state index in [2.05, 4.69) is 9.97 Å². The largest absolute Gasteiger partial charge is 0.440 e. The van der Waals surface area contributed by atoms with Crippen molar-refractivity contribution < 1.29 is 4.42 Å². The number of hydrogen-bond donors (Lipinski definition) is 1. The van der Waals surface area contributed by atoms with Crippen molar-refractivity contribution in [1.82, 2.24) is 9.97 Å². The average Bonchev–Trinajstić information content (AvgIpc) is 2.83. The number of hydrogen-bond acceptors (Lipinski definition) is 5. The van der Waals surface area contributed by atoms with Gasteiger partial charge in [-0.25, -0.2) is 4.98 Å². The van der Waals surface area contributed by atoms with Gasteiger partial charge in [-0.2, -0.15) is 0 Å². The number of benzene rings is 1. The Balaban J connectivity index is 2.17. The molecule has 4 nitrogen and oxygen atoms in total. The number of pyridine rings is 1. The first-order valence-corrected chi connectivity index (χ1v) is 6.28. The van der Waals surface area contributed by atoms with Crippen LogP contribution in [0.1, 0.15) is 5.69 Å². The molecule has 1 aromatic carbocycles. The number of nitrogens with two attached hydrogens (primary N) is 1. The molecule has 0 unspecified atom stereocenters. The van der Waals surface area contributed by atoms with E-state index in [1.165, 1.54) is 11.8 Å². The number of aryl methyl sites for hydroxylation is 1. The third-order valence-electron chi connectivity index (χ3n) is 2.53. The number of aromatic nitrogens is 2. The highest BCUT2D eigenvalue weighted by Crippen LogP contribution is 2.33. The van der Waals surface area contributed by atoms with Crippen molar-refractivity contribution in [2.75, 3.05) is 5.73 Å². The van der Waals surface area contributed by atoms with E-state index in [-0.39, 0.29) is 0 Å². The summed E-state index contributed by atoms with van der Waals surface area (Å²) in [7, 11) is 0. The van der Waals surface area contributed by atoms with Crippen molar-refractivity contribution in [1.29, 1.82) is 0 Å². The molecule has 0 amide bonds. The van der Waals surface area contributed by atoms with Crippen LogP contribution in [0.15, 0.2) is 51.3 Å². The molecule has 0 fully saturated rings. The maximum atomic E-state index is 5.83. The standard InChI is InChI=1S/C13H11N3OS/c1-8-6-12(18-13-15-4-5-17-13)10-7-9(14)2-3-11(10)16-8/h2-7H,14H2,1H3. The van der Waals surface area contributed by atoms with E-state index in [4.69, 9.17) is 10.2 Å². The Morgan fingerprint density at radius 2 is 2.17 bits per heavy atom. The second-order valence-corrected chi connectivity index (χ2v) is 4.93.